The van der Waals surface area contributed by atoms with Crippen LogP contribution in [0.5, 0.6) is 0 Å². The van der Waals surface area contributed by atoms with Crippen molar-refractivity contribution in [2.75, 3.05) is 0 Å². The van der Waals surface area contributed by atoms with Crippen LogP contribution < -0.4 is 16.4 Å². The molecule has 1 aliphatic heterocycles. The maximum Gasteiger partial charge on any atom is 0.296 e. The second kappa shape index (κ2) is 7.24. The highest BCUT2D eigenvalue weighted by Crippen LogP contribution is 2.49. The number of hydrogen-bond acceptors (Lipinski definition) is 5. The lowest BCUT2D eigenvalue weighted by Gasteiger charge is -2.39. The summed E-state index contributed by atoms with van der Waals surface area (Å²) in [5.41, 5.74) is 4.26. The second-order valence-electron chi connectivity index (χ2n) is 8.47. The number of halogens is 6. The third-order valence-corrected chi connectivity index (χ3v) is 6.82. The third-order valence-electron chi connectivity index (χ3n) is 5.81. The zero-order valence-electron chi connectivity index (χ0n) is 16.6. The van der Waals surface area contributed by atoms with Crippen LogP contribution in [0, 0.1) is 5.92 Å². The summed E-state index contributed by atoms with van der Waals surface area (Å²) in [5, 5.41) is 6.38. The molecule has 1 aromatic heterocycles. The number of thiazole rings is 1. The normalized spacial score (nSPS) is 33.8. The quantitative estimate of drug-likeness (QED) is 0.585. The van der Waals surface area contributed by atoms with Gasteiger partial charge in [-0.05, 0) is 12.8 Å². The van der Waals surface area contributed by atoms with E-state index in [-0.39, 0.29) is 36.9 Å². The molecular formula is C18H22F6N6S. The van der Waals surface area contributed by atoms with Gasteiger partial charge < -0.3 is 11.1 Å². The number of nitrogens with two attached hydrogens (primary N) is 1. The number of aromatic nitrogens is 1. The van der Waals surface area contributed by atoms with Gasteiger partial charge in [0.25, 0.3) is 5.92 Å². The Morgan fingerprint density at radius 3 is 2.39 bits per heavy atom. The van der Waals surface area contributed by atoms with Gasteiger partial charge in [0.15, 0.2) is 16.6 Å². The number of rotatable bonds is 4. The lowest BCUT2D eigenvalue weighted by Crippen LogP contribution is -2.61. The molecule has 1 aromatic rings. The molecule has 0 radical (unpaired) electrons. The Morgan fingerprint density at radius 2 is 1.84 bits per heavy atom. The van der Waals surface area contributed by atoms with Gasteiger partial charge in [0.1, 0.15) is 5.69 Å². The molecule has 2 heterocycles. The van der Waals surface area contributed by atoms with E-state index >= 15 is 0 Å². The largest absolute Gasteiger partial charge is 0.370 e. The molecule has 2 fully saturated rings. The smallest absolute Gasteiger partial charge is 0.296 e. The minimum Gasteiger partial charge on any atom is -0.370 e. The van der Waals surface area contributed by atoms with Crippen molar-refractivity contribution in [3.8, 4) is 0 Å². The number of aliphatic imine (C=N–C) groups is 2. The number of nitrogens with zero attached hydrogens (tertiary/aromatic N) is 3. The lowest BCUT2D eigenvalue weighted by molar-refractivity contribution is -0.000739. The molecule has 4 rings (SSSR count). The van der Waals surface area contributed by atoms with Crippen LogP contribution in [0.1, 0.15) is 56.2 Å². The van der Waals surface area contributed by atoms with Gasteiger partial charge in [-0.2, -0.15) is 8.78 Å². The fraction of sp³-hybridized carbons (Fsp3) is 0.722. The Bertz CT molecular complexity index is 910. The average molecular weight is 468 g/mol. The minimum absolute atomic E-state index is 0.0109. The maximum absolute atomic E-state index is 14.1. The predicted octanol–water partition coefficient (Wildman–Crippen LogP) is 3.89. The molecule has 0 spiro atoms. The van der Waals surface area contributed by atoms with E-state index in [9.17, 15) is 26.3 Å². The molecule has 0 bridgehead atoms. The van der Waals surface area contributed by atoms with Crippen molar-refractivity contribution in [1.82, 2.24) is 15.6 Å². The molecule has 172 valence electrons. The highest BCUT2D eigenvalue weighted by molar-refractivity contribution is 7.09. The van der Waals surface area contributed by atoms with E-state index < -0.39 is 59.7 Å². The van der Waals surface area contributed by atoms with Gasteiger partial charge in [-0.25, -0.2) is 32.5 Å². The number of hydrogen-bond donors (Lipinski definition) is 3. The first-order valence-electron chi connectivity index (χ1n) is 9.86. The van der Waals surface area contributed by atoms with E-state index in [0.717, 1.165) is 0 Å². The summed E-state index contributed by atoms with van der Waals surface area (Å²) in [4.78, 5) is 12.5. The first kappa shape index (κ1) is 22.2. The highest BCUT2D eigenvalue weighted by Gasteiger charge is 2.54. The van der Waals surface area contributed by atoms with Crippen molar-refractivity contribution in [3.05, 3.63) is 16.1 Å². The van der Waals surface area contributed by atoms with E-state index in [1.807, 2.05) is 0 Å². The summed E-state index contributed by atoms with van der Waals surface area (Å²) in [6, 6.07) is -0.704. The fourth-order valence-corrected chi connectivity index (χ4v) is 5.16. The van der Waals surface area contributed by atoms with Crippen molar-refractivity contribution in [2.45, 2.75) is 74.9 Å². The SMILES string of the molecule is CC(F)(F)c1nc(C2(C3CCC(F)(F)C3)N=C(N)NC(=NC3CCC(F)(F)C3)N2)cs1. The Morgan fingerprint density at radius 1 is 1.16 bits per heavy atom. The molecule has 4 N–H and O–H groups in total. The summed E-state index contributed by atoms with van der Waals surface area (Å²) in [6.45, 7) is 0.687. The van der Waals surface area contributed by atoms with Crippen LogP contribution in [0.4, 0.5) is 26.3 Å². The zero-order valence-corrected chi connectivity index (χ0v) is 17.4. The van der Waals surface area contributed by atoms with Crippen molar-refractivity contribution in [3.63, 3.8) is 0 Å². The van der Waals surface area contributed by atoms with Crippen molar-refractivity contribution in [1.29, 1.82) is 0 Å². The molecule has 13 heteroatoms. The van der Waals surface area contributed by atoms with Crippen LogP contribution in [0.25, 0.3) is 0 Å². The van der Waals surface area contributed by atoms with E-state index in [1.54, 1.807) is 0 Å². The van der Waals surface area contributed by atoms with E-state index in [2.05, 4.69) is 25.6 Å². The topological polar surface area (TPSA) is 87.7 Å². The van der Waals surface area contributed by atoms with Crippen LogP contribution in [0.3, 0.4) is 0 Å². The van der Waals surface area contributed by atoms with Crippen LogP contribution in [-0.4, -0.2) is 34.8 Å². The molecule has 31 heavy (non-hydrogen) atoms. The van der Waals surface area contributed by atoms with Gasteiger partial charge in [-0.3, -0.25) is 5.32 Å². The molecule has 0 amide bonds. The summed E-state index contributed by atoms with van der Waals surface area (Å²) in [7, 11) is 0. The van der Waals surface area contributed by atoms with Crippen molar-refractivity contribution < 1.29 is 26.3 Å². The first-order valence-corrected chi connectivity index (χ1v) is 10.7. The first-order chi connectivity index (χ1) is 14.3. The molecular weight excluding hydrogens is 446 g/mol. The molecule has 3 unspecified atom stereocenters. The number of nitrogens with one attached hydrogen (secondary N) is 2. The van der Waals surface area contributed by atoms with Crippen LogP contribution in [0.2, 0.25) is 0 Å². The predicted molar refractivity (Wildman–Crippen MR) is 104 cm³/mol. The molecule has 2 saturated carbocycles. The summed E-state index contributed by atoms with van der Waals surface area (Å²) in [6.07, 6.45) is -1.52. The second-order valence-corrected chi connectivity index (χ2v) is 9.32. The Balaban J connectivity index is 1.73. The fourth-order valence-electron chi connectivity index (χ4n) is 4.34. The average Bonchev–Trinajstić information content (AvgIpc) is 3.32. The van der Waals surface area contributed by atoms with Gasteiger partial charge in [0.05, 0.1) is 6.04 Å². The van der Waals surface area contributed by atoms with E-state index in [4.69, 9.17) is 5.73 Å². The summed E-state index contributed by atoms with van der Waals surface area (Å²) in [5.74, 6) is -10.0. The van der Waals surface area contributed by atoms with Crippen LogP contribution in [-0.2, 0) is 11.6 Å². The molecule has 0 saturated heterocycles. The van der Waals surface area contributed by atoms with Gasteiger partial charge >= 0.3 is 0 Å². The molecule has 6 nitrogen and oxygen atoms in total. The van der Waals surface area contributed by atoms with Gasteiger partial charge in [-0.1, -0.05) is 0 Å². The van der Waals surface area contributed by atoms with Crippen molar-refractivity contribution in [2.24, 2.45) is 21.6 Å². The number of alkyl halides is 6. The van der Waals surface area contributed by atoms with E-state index in [1.165, 1.54) is 5.38 Å². The molecule has 3 atom stereocenters. The standard InChI is InChI=1S/C18H22F6N6S/c1-15(19,20)12-27-11(8-31-12)18(9-2-4-16(21,22)6-9)29-13(25)28-14(30-18)26-10-3-5-17(23,24)7-10/h8-10H,2-7H2,1H3,(H4,25,26,28,29,30). The Labute approximate surface area is 178 Å². The van der Waals surface area contributed by atoms with Crippen LogP contribution in [0.15, 0.2) is 15.4 Å². The third kappa shape index (κ3) is 4.46. The Kier molecular flexibility index (Phi) is 5.17. The maximum atomic E-state index is 14.1. The summed E-state index contributed by atoms with van der Waals surface area (Å²) >= 11 is 0.684. The molecule has 3 aliphatic rings. The van der Waals surface area contributed by atoms with Gasteiger partial charge in [-0.15, -0.1) is 11.3 Å². The van der Waals surface area contributed by atoms with Gasteiger partial charge in [0.2, 0.25) is 17.8 Å². The monoisotopic (exact) mass is 468 g/mol. The lowest BCUT2D eigenvalue weighted by atomic mass is 9.88. The van der Waals surface area contributed by atoms with Gasteiger partial charge in [0, 0.05) is 43.9 Å². The van der Waals surface area contributed by atoms with Crippen molar-refractivity contribution >= 4 is 23.3 Å². The molecule has 2 aliphatic carbocycles. The zero-order chi connectivity index (χ0) is 22.7. The summed E-state index contributed by atoms with van der Waals surface area (Å²) < 4.78 is 82.9. The molecule has 0 aromatic carbocycles. The highest BCUT2D eigenvalue weighted by atomic mass is 32.1. The van der Waals surface area contributed by atoms with E-state index in [0.29, 0.717) is 18.3 Å². The number of guanidine groups is 2. The van der Waals surface area contributed by atoms with Crippen LogP contribution >= 0.6 is 11.3 Å². The minimum atomic E-state index is -3.22. The Hall–Kier alpha value is -2.05.